The van der Waals surface area contributed by atoms with Gasteiger partial charge in [0.25, 0.3) is 5.91 Å². The van der Waals surface area contributed by atoms with E-state index < -0.39 is 0 Å². The Labute approximate surface area is 117 Å². The molecular weight excluding hydrogens is 254 g/mol. The smallest absolute Gasteiger partial charge is 0.276 e. The van der Waals surface area contributed by atoms with Gasteiger partial charge >= 0.3 is 0 Å². The minimum atomic E-state index is -0.0832. The highest BCUT2D eigenvalue weighted by atomic mass is 16.2. The maximum absolute atomic E-state index is 12.4. The van der Waals surface area contributed by atoms with Crippen LogP contribution in [-0.2, 0) is 0 Å². The quantitative estimate of drug-likeness (QED) is 0.897. The number of aromatic nitrogens is 3. The third kappa shape index (κ3) is 2.30. The average Bonchev–Trinajstić information content (AvgIpc) is 3.16. The summed E-state index contributed by atoms with van der Waals surface area (Å²) in [6, 6.07) is 9.66. The summed E-state index contributed by atoms with van der Waals surface area (Å²) in [6.45, 7) is 1.25. The molecule has 0 saturated carbocycles. The summed E-state index contributed by atoms with van der Waals surface area (Å²) in [6.07, 6.45) is 3.48. The van der Waals surface area contributed by atoms with Crippen LogP contribution in [0.25, 0.3) is 5.69 Å². The van der Waals surface area contributed by atoms with Crippen molar-refractivity contribution < 1.29 is 4.79 Å². The molecule has 1 saturated heterocycles. The monoisotopic (exact) mass is 271 g/mol. The lowest BCUT2D eigenvalue weighted by Gasteiger charge is -2.22. The molecule has 6 nitrogen and oxygen atoms in total. The largest absolute Gasteiger partial charge is 0.333 e. The SMILES string of the molecule is NCC1CCCN1C(=O)c1cnn(-c2ccccc2)n1. The summed E-state index contributed by atoms with van der Waals surface area (Å²) in [5.41, 5.74) is 6.91. The highest BCUT2D eigenvalue weighted by molar-refractivity contribution is 5.92. The zero-order valence-electron chi connectivity index (χ0n) is 11.1. The zero-order valence-corrected chi connectivity index (χ0v) is 11.1. The maximum atomic E-state index is 12.4. The molecule has 0 bridgehead atoms. The van der Waals surface area contributed by atoms with Crippen molar-refractivity contribution in [3.05, 3.63) is 42.2 Å². The molecule has 1 aliphatic rings. The van der Waals surface area contributed by atoms with Crippen LogP contribution < -0.4 is 5.73 Å². The first-order chi connectivity index (χ1) is 9.79. The van der Waals surface area contributed by atoms with Gasteiger partial charge in [-0.2, -0.15) is 9.90 Å². The zero-order chi connectivity index (χ0) is 13.9. The number of amides is 1. The molecule has 6 heteroatoms. The van der Waals surface area contributed by atoms with Crippen LogP contribution in [-0.4, -0.2) is 44.9 Å². The number of rotatable bonds is 3. The van der Waals surface area contributed by atoms with Crippen LogP contribution in [0.3, 0.4) is 0 Å². The predicted octanol–water partition coefficient (Wildman–Crippen LogP) is 0.831. The van der Waals surface area contributed by atoms with Crippen molar-refractivity contribution in [1.82, 2.24) is 19.9 Å². The van der Waals surface area contributed by atoms with Gasteiger partial charge in [-0.3, -0.25) is 4.79 Å². The number of benzene rings is 1. The Balaban J connectivity index is 1.82. The number of para-hydroxylation sites is 1. The minimum absolute atomic E-state index is 0.0832. The first-order valence-corrected chi connectivity index (χ1v) is 6.78. The number of nitrogens with two attached hydrogens (primary N) is 1. The van der Waals surface area contributed by atoms with Gasteiger partial charge in [0.15, 0.2) is 5.69 Å². The summed E-state index contributed by atoms with van der Waals surface area (Å²) in [7, 11) is 0. The molecule has 1 aromatic heterocycles. The fourth-order valence-corrected chi connectivity index (χ4v) is 2.54. The molecule has 1 aromatic carbocycles. The Hall–Kier alpha value is -2.21. The van der Waals surface area contributed by atoms with Gasteiger partial charge in [-0.15, -0.1) is 5.10 Å². The molecule has 2 aromatic rings. The van der Waals surface area contributed by atoms with Gasteiger partial charge in [0.05, 0.1) is 11.9 Å². The summed E-state index contributed by atoms with van der Waals surface area (Å²) in [5, 5.41) is 8.42. The van der Waals surface area contributed by atoms with Crippen molar-refractivity contribution in [3.63, 3.8) is 0 Å². The molecule has 1 aliphatic heterocycles. The molecule has 0 radical (unpaired) electrons. The Bertz CT molecular complexity index is 595. The molecule has 2 N–H and O–H groups in total. The lowest BCUT2D eigenvalue weighted by Crippen LogP contribution is -2.40. The summed E-state index contributed by atoms with van der Waals surface area (Å²) >= 11 is 0. The molecule has 1 amide bonds. The number of carbonyl (C=O) groups is 1. The lowest BCUT2D eigenvalue weighted by atomic mass is 10.2. The molecule has 1 fully saturated rings. The fourth-order valence-electron chi connectivity index (χ4n) is 2.54. The van der Waals surface area contributed by atoms with Gasteiger partial charge < -0.3 is 10.6 Å². The van der Waals surface area contributed by atoms with E-state index in [2.05, 4.69) is 10.2 Å². The standard InChI is InChI=1S/C14H17N5O/c15-9-12-7-4-8-18(12)14(20)13-10-16-19(17-13)11-5-2-1-3-6-11/h1-3,5-6,10,12H,4,7-9,15H2. The Morgan fingerprint density at radius 2 is 2.15 bits per heavy atom. The highest BCUT2D eigenvalue weighted by Gasteiger charge is 2.29. The third-order valence-corrected chi connectivity index (χ3v) is 3.61. The molecule has 20 heavy (non-hydrogen) atoms. The molecule has 0 spiro atoms. The van der Waals surface area contributed by atoms with E-state index in [0.29, 0.717) is 12.2 Å². The van der Waals surface area contributed by atoms with E-state index in [0.717, 1.165) is 25.1 Å². The number of hydrogen-bond acceptors (Lipinski definition) is 4. The molecule has 2 heterocycles. The normalized spacial score (nSPS) is 18.4. The van der Waals surface area contributed by atoms with Gasteiger partial charge in [0.2, 0.25) is 0 Å². The van der Waals surface area contributed by atoms with Gasteiger partial charge in [0, 0.05) is 19.1 Å². The molecule has 1 atom stereocenters. The van der Waals surface area contributed by atoms with Crippen molar-refractivity contribution >= 4 is 5.91 Å². The number of likely N-dealkylation sites (tertiary alicyclic amines) is 1. The second kappa shape index (κ2) is 5.42. The highest BCUT2D eigenvalue weighted by Crippen LogP contribution is 2.18. The number of nitrogens with zero attached hydrogens (tertiary/aromatic N) is 4. The van der Waals surface area contributed by atoms with Gasteiger partial charge in [-0.05, 0) is 25.0 Å². The van der Waals surface area contributed by atoms with E-state index in [1.165, 1.54) is 11.0 Å². The van der Waals surface area contributed by atoms with Crippen molar-refractivity contribution in [2.75, 3.05) is 13.1 Å². The summed E-state index contributed by atoms with van der Waals surface area (Å²) in [4.78, 5) is 15.7. The van der Waals surface area contributed by atoms with Gasteiger partial charge in [-0.1, -0.05) is 18.2 Å². The second-order valence-corrected chi connectivity index (χ2v) is 4.89. The second-order valence-electron chi connectivity index (χ2n) is 4.89. The van der Waals surface area contributed by atoms with Crippen molar-refractivity contribution in [3.8, 4) is 5.69 Å². The molecular formula is C14H17N5O. The number of carbonyl (C=O) groups excluding carboxylic acids is 1. The average molecular weight is 271 g/mol. The minimum Gasteiger partial charge on any atom is -0.333 e. The van der Waals surface area contributed by atoms with Crippen molar-refractivity contribution in [2.45, 2.75) is 18.9 Å². The maximum Gasteiger partial charge on any atom is 0.276 e. The van der Waals surface area contributed by atoms with Crippen LogP contribution in [0.5, 0.6) is 0 Å². The topological polar surface area (TPSA) is 77.0 Å². The van der Waals surface area contributed by atoms with E-state index in [-0.39, 0.29) is 11.9 Å². The first kappa shape index (κ1) is 12.8. The Kier molecular flexibility index (Phi) is 3.47. The van der Waals surface area contributed by atoms with E-state index >= 15 is 0 Å². The van der Waals surface area contributed by atoms with Gasteiger partial charge in [-0.25, -0.2) is 0 Å². The lowest BCUT2D eigenvalue weighted by molar-refractivity contribution is 0.0734. The Morgan fingerprint density at radius 3 is 2.90 bits per heavy atom. The molecule has 3 rings (SSSR count). The van der Waals surface area contributed by atoms with Crippen LogP contribution in [0.1, 0.15) is 23.3 Å². The molecule has 104 valence electrons. The van der Waals surface area contributed by atoms with E-state index in [1.54, 1.807) is 4.90 Å². The Morgan fingerprint density at radius 1 is 1.35 bits per heavy atom. The predicted molar refractivity (Wildman–Crippen MR) is 74.5 cm³/mol. The molecule has 0 aliphatic carbocycles. The van der Waals surface area contributed by atoms with E-state index in [9.17, 15) is 4.79 Å². The van der Waals surface area contributed by atoms with E-state index in [4.69, 9.17) is 5.73 Å². The summed E-state index contributed by atoms with van der Waals surface area (Å²) < 4.78 is 0. The third-order valence-electron chi connectivity index (χ3n) is 3.61. The van der Waals surface area contributed by atoms with Crippen LogP contribution in [0.15, 0.2) is 36.5 Å². The first-order valence-electron chi connectivity index (χ1n) is 6.78. The fraction of sp³-hybridized carbons (Fsp3) is 0.357. The van der Waals surface area contributed by atoms with Crippen LogP contribution in [0.4, 0.5) is 0 Å². The van der Waals surface area contributed by atoms with Crippen molar-refractivity contribution in [1.29, 1.82) is 0 Å². The van der Waals surface area contributed by atoms with Crippen molar-refractivity contribution in [2.24, 2.45) is 5.73 Å². The summed E-state index contributed by atoms with van der Waals surface area (Å²) in [5.74, 6) is -0.0832. The van der Waals surface area contributed by atoms with Crippen LogP contribution >= 0.6 is 0 Å². The molecule has 1 unspecified atom stereocenters. The van der Waals surface area contributed by atoms with Crippen LogP contribution in [0.2, 0.25) is 0 Å². The van der Waals surface area contributed by atoms with Crippen LogP contribution in [0, 0.1) is 0 Å². The number of hydrogen-bond donors (Lipinski definition) is 1. The van der Waals surface area contributed by atoms with Gasteiger partial charge in [0.1, 0.15) is 0 Å². The van der Waals surface area contributed by atoms with E-state index in [1.807, 2.05) is 30.3 Å².